The summed E-state index contributed by atoms with van der Waals surface area (Å²) in [6, 6.07) is 0. The molecule has 0 spiro atoms. The maximum Gasteiger partial charge on any atom is 1.00 e. The van der Waals surface area contributed by atoms with Crippen LogP contribution in [0.4, 0.5) is 0 Å². The quantitative estimate of drug-likeness (QED) is 0.432. The van der Waals surface area contributed by atoms with Gasteiger partial charge in [-0.15, -0.1) is 0 Å². The van der Waals surface area contributed by atoms with Crippen LogP contribution in [-0.4, -0.2) is 29.4 Å². The van der Waals surface area contributed by atoms with E-state index in [1.807, 2.05) is 13.8 Å². The summed E-state index contributed by atoms with van der Waals surface area (Å²) in [5.41, 5.74) is 0. The van der Waals surface area contributed by atoms with Crippen LogP contribution in [0.1, 0.15) is 52.4 Å². The van der Waals surface area contributed by atoms with Gasteiger partial charge in [-0.05, 0) is 12.8 Å². The summed E-state index contributed by atoms with van der Waals surface area (Å²) in [4.78, 5) is 0. The molecule has 0 aromatic carbocycles. The molecular weight excluding hydrogens is 239 g/mol. The number of unbranched alkanes of at least 4 members (excludes halogenated alkanes) is 2. The molecule has 0 aliphatic rings. The molecule has 0 aliphatic heterocycles. The maximum absolute atomic E-state index is 10.9. The molecule has 0 fully saturated rings. The van der Waals surface area contributed by atoms with E-state index in [4.69, 9.17) is 0 Å². The Kier molecular flexibility index (Phi) is 11.8. The first-order valence-corrected chi connectivity index (χ1v) is 7.03. The van der Waals surface area contributed by atoms with E-state index in [9.17, 15) is 18.1 Å². The number of hydrogen-bond donors (Lipinski definition) is 1. The van der Waals surface area contributed by atoms with Crippen molar-refractivity contribution in [2.24, 2.45) is 0 Å². The number of rotatable bonds is 8. The average molecular weight is 260 g/mol. The Morgan fingerprint density at radius 2 is 1.56 bits per heavy atom. The molecule has 4 nitrogen and oxygen atoms in total. The van der Waals surface area contributed by atoms with Crippen molar-refractivity contribution in [1.82, 2.24) is 0 Å². The molecule has 92 valence electrons. The minimum Gasteiger partial charge on any atom is -0.748 e. The Morgan fingerprint density at radius 3 is 1.94 bits per heavy atom. The van der Waals surface area contributed by atoms with Gasteiger partial charge in [0.15, 0.2) is 0 Å². The summed E-state index contributed by atoms with van der Waals surface area (Å²) >= 11 is 0. The molecule has 6 heteroatoms. The van der Waals surface area contributed by atoms with Crippen LogP contribution in [0.2, 0.25) is 0 Å². The van der Waals surface area contributed by atoms with Crippen LogP contribution in [0.5, 0.6) is 0 Å². The number of hydrogen-bond acceptors (Lipinski definition) is 4. The maximum atomic E-state index is 10.9. The fourth-order valence-electron chi connectivity index (χ4n) is 1.53. The third-order valence-corrected chi connectivity index (χ3v) is 3.79. The summed E-state index contributed by atoms with van der Waals surface area (Å²) in [6.07, 6.45) is 2.79. The van der Waals surface area contributed by atoms with Crippen LogP contribution in [0, 0.1) is 0 Å². The first-order valence-electron chi connectivity index (χ1n) is 5.56. The summed E-state index contributed by atoms with van der Waals surface area (Å²) < 4.78 is 32.8. The fourth-order valence-corrected chi connectivity index (χ4v) is 2.51. The SMILES string of the molecule is CCCCC(O)C(CCCC)S(=O)(=O)[O-].[Na+]. The van der Waals surface area contributed by atoms with Crippen LogP contribution in [0.15, 0.2) is 0 Å². The standard InChI is InChI=1S/C10H22O4S.Na/c1-3-5-7-9(11)10(8-6-4-2)15(12,13)14;/h9-11H,3-8H2,1-2H3,(H,12,13,14);/q;+1/p-1. The van der Waals surface area contributed by atoms with Gasteiger partial charge >= 0.3 is 29.6 Å². The third-order valence-electron chi connectivity index (χ3n) is 2.50. The summed E-state index contributed by atoms with van der Waals surface area (Å²) in [6.45, 7) is 3.88. The predicted octanol–water partition coefficient (Wildman–Crippen LogP) is -1.35. The van der Waals surface area contributed by atoms with E-state index in [0.29, 0.717) is 12.8 Å². The summed E-state index contributed by atoms with van der Waals surface area (Å²) in [5.74, 6) is 0. The van der Waals surface area contributed by atoms with Crippen LogP contribution < -0.4 is 29.6 Å². The topological polar surface area (TPSA) is 77.4 Å². The molecule has 0 saturated carbocycles. The van der Waals surface area contributed by atoms with Gasteiger partial charge in [-0.1, -0.05) is 39.5 Å². The zero-order valence-electron chi connectivity index (χ0n) is 10.5. The average Bonchev–Trinajstić information content (AvgIpc) is 2.13. The monoisotopic (exact) mass is 260 g/mol. The molecule has 0 amide bonds. The van der Waals surface area contributed by atoms with Gasteiger partial charge < -0.3 is 9.66 Å². The Labute approximate surface area is 121 Å². The van der Waals surface area contributed by atoms with Gasteiger partial charge in [-0.25, -0.2) is 8.42 Å². The second-order valence-corrected chi connectivity index (χ2v) is 5.47. The van der Waals surface area contributed by atoms with Crippen molar-refractivity contribution in [2.45, 2.75) is 63.7 Å². The smallest absolute Gasteiger partial charge is 0.748 e. The molecular formula is C10H21NaO4S. The number of aliphatic hydroxyl groups is 1. The first kappa shape index (κ1) is 19.2. The zero-order valence-corrected chi connectivity index (χ0v) is 13.3. The molecule has 16 heavy (non-hydrogen) atoms. The fraction of sp³-hybridized carbons (Fsp3) is 1.00. The van der Waals surface area contributed by atoms with Gasteiger partial charge in [-0.3, -0.25) is 0 Å². The molecule has 0 aromatic heterocycles. The zero-order chi connectivity index (χ0) is 11.9. The van der Waals surface area contributed by atoms with E-state index in [1.54, 1.807) is 0 Å². The van der Waals surface area contributed by atoms with Crippen molar-refractivity contribution in [3.63, 3.8) is 0 Å². The Morgan fingerprint density at radius 1 is 1.12 bits per heavy atom. The normalized spacial score (nSPS) is 15.2. The number of aliphatic hydroxyl groups excluding tert-OH is 1. The van der Waals surface area contributed by atoms with Gasteiger partial charge in [0.1, 0.15) is 10.1 Å². The summed E-state index contributed by atoms with van der Waals surface area (Å²) in [5, 5.41) is 8.50. The van der Waals surface area contributed by atoms with Crippen molar-refractivity contribution in [3.8, 4) is 0 Å². The molecule has 0 bridgehead atoms. The van der Waals surface area contributed by atoms with Crippen molar-refractivity contribution < 1.29 is 47.6 Å². The molecule has 0 aromatic rings. The van der Waals surface area contributed by atoms with E-state index in [1.165, 1.54) is 0 Å². The molecule has 0 aliphatic carbocycles. The van der Waals surface area contributed by atoms with Gasteiger partial charge in [0, 0.05) is 0 Å². The third kappa shape index (κ3) is 8.03. The second-order valence-electron chi connectivity index (χ2n) is 3.88. The largest absolute Gasteiger partial charge is 1.00 e. The van der Waals surface area contributed by atoms with Crippen molar-refractivity contribution in [2.75, 3.05) is 0 Å². The molecule has 0 heterocycles. The van der Waals surface area contributed by atoms with Crippen molar-refractivity contribution in [1.29, 1.82) is 0 Å². The Hall–Kier alpha value is 0.870. The van der Waals surface area contributed by atoms with Gasteiger partial charge in [0.25, 0.3) is 0 Å². The van der Waals surface area contributed by atoms with E-state index < -0.39 is 21.5 Å². The first-order chi connectivity index (χ1) is 6.93. The van der Waals surface area contributed by atoms with Crippen LogP contribution >= 0.6 is 0 Å². The predicted molar refractivity (Wildman–Crippen MR) is 58.5 cm³/mol. The van der Waals surface area contributed by atoms with Crippen molar-refractivity contribution >= 4 is 10.1 Å². The van der Waals surface area contributed by atoms with Crippen LogP contribution in [0.3, 0.4) is 0 Å². The van der Waals surface area contributed by atoms with E-state index >= 15 is 0 Å². The molecule has 0 radical (unpaired) electrons. The molecule has 1 N–H and O–H groups in total. The molecule has 2 atom stereocenters. The van der Waals surface area contributed by atoms with E-state index in [2.05, 4.69) is 0 Å². The van der Waals surface area contributed by atoms with Crippen LogP contribution in [0.25, 0.3) is 0 Å². The molecule has 2 unspecified atom stereocenters. The second kappa shape index (κ2) is 9.85. The Bertz CT molecular complexity index is 254. The Balaban J connectivity index is 0. The van der Waals surface area contributed by atoms with E-state index in [0.717, 1.165) is 19.3 Å². The van der Waals surface area contributed by atoms with E-state index in [-0.39, 0.29) is 36.0 Å². The van der Waals surface area contributed by atoms with Crippen molar-refractivity contribution in [3.05, 3.63) is 0 Å². The molecule has 0 saturated heterocycles. The van der Waals surface area contributed by atoms with Gasteiger partial charge in [0.2, 0.25) is 0 Å². The van der Waals surface area contributed by atoms with Gasteiger partial charge in [-0.2, -0.15) is 0 Å². The molecule has 0 rings (SSSR count). The minimum atomic E-state index is -4.37. The van der Waals surface area contributed by atoms with Gasteiger partial charge in [0.05, 0.1) is 11.4 Å². The minimum absolute atomic E-state index is 0. The van der Waals surface area contributed by atoms with Crippen LogP contribution in [-0.2, 0) is 10.1 Å². The summed E-state index contributed by atoms with van der Waals surface area (Å²) in [7, 11) is -4.37.